The topological polar surface area (TPSA) is 199 Å². The van der Waals surface area contributed by atoms with Gasteiger partial charge in [-0.05, 0) is 0 Å². The van der Waals surface area contributed by atoms with Crippen LogP contribution in [0.4, 0.5) is 0 Å². The minimum Gasteiger partial charge on any atom is 0 e. The quantitative estimate of drug-likeness (QED) is 0.379. The molecule has 118 valence electrons. The second-order valence-electron chi connectivity index (χ2n) is 0. The van der Waals surface area contributed by atoms with Crippen LogP contribution in [0.5, 0.6) is 0 Å². The zero-order valence-electron chi connectivity index (χ0n) is 9.75. The molecule has 10 nitrogen and oxygen atoms in total. The van der Waals surface area contributed by atoms with Crippen LogP contribution in [0.1, 0.15) is 0 Å². The first-order chi connectivity index (χ1) is 10.0. The van der Waals surface area contributed by atoms with Crippen LogP contribution < -0.4 is 0 Å². The number of hydrogen-bond acceptors (Lipinski definition) is 0. The summed E-state index contributed by atoms with van der Waals surface area (Å²) in [6.45, 7) is 45.0. The van der Waals surface area contributed by atoms with Gasteiger partial charge >= 0.3 is 113 Å². The van der Waals surface area contributed by atoms with E-state index in [0.29, 0.717) is 0 Å². The Labute approximate surface area is 147 Å². The molecule has 0 bridgehead atoms. The van der Waals surface area contributed by atoms with Gasteiger partial charge in [0.05, 0.1) is 0 Å². The van der Waals surface area contributed by atoms with E-state index in [1.54, 1.807) is 0 Å². The van der Waals surface area contributed by atoms with Gasteiger partial charge in [-0.15, -0.1) is 0 Å². The molecule has 0 aromatic carbocycles. The van der Waals surface area contributed by atoms with Crippen molar-refractivity contribution in [1.82, 2.24) is 0 Å². The van der Waals surface area contributed by atoms with Crippen LogP contribution in [-0.2, 0) is 80.1 Å². The summed E-state index contributed by atoms with van der Waals surface area (Å²) in [5, 5.41) is 0. The molecule has 0 unspecified atom stereocenters. The molecule has 22 heavy (non-hydrogen) atoms. The predicted octanol–water partition coefficient (Wildman–Crippen LogP) is -0.380. The van der Waals surface area contributed by atoms with E-state index in [1.807, 2.05) is 0 Å². The van der Waals surface area contributed by atoms with Crippen molar-refractivity contribution in [3.05, 3.63) is 66.5 Å². The van der Waals surface area contributed by atoms with E-state index in [0.717, 1.165) is 0 Å². The predicted molar refractivity (Wildman–Crippen MR) is 39.3 cm³/mol. The van der Waals surface area contributed by atoms with E-state index in [9.17, 15) is 0 Å². The van der Waals surface area contributed by atoms with Gasteiger partial charge in [-0.2, -0.15) is 0 Å². The third-order valence-corrected chi connectivity index (χ3v) is 0. The van der Waals surface area contributed by atoms with Gasteiger partial charge in [0.2, 0.25) is 0 Å². The molecule has 0 N–H and O–H groups in total. The fraction of sp³-hybridized carbons (Fsp3) is 0. The summed E-state index contributed by atoms with van der Waals surface area (Å²) in [4.78, 5) is 0. The van der Waals surface area contributed by atoms with Crippen LogP contribution in [0.2, 0.25) is 0 Å². The molecule has 0 aromatic heterocycles. The Bertz CT molecular complexity index is 177. The van der Waals surface area contributed by atoms with E-state index >= 15 is 0 Å². The largest absolute Gasteiger partial charge is 0 e. The molecule has 0 spiro atoms. The summed E-state index contributed by atoms with van der Waals surface area (Å²) < 4.78 is 75.0. The van der Waals surface area contributed by atoms with Crippen LogP contribution in [0.3, 0.4) is 0 Å². The van der Waals surface area contributed by atoms with Gasteiger partial charge in [-0.25, -0.2) is 0 Å². The Morgan fingerprint density at radius 1 is 0.182 bits per heavy atom. The van der Waals surface area contributed by atoms with Gasteiger partial charge in [0.15, 0.2) is 0 Å². The second-order valence-corrected chi connectivity index (χ2v) is 0. The monoisotopic (exact) mass is 398 g/mol. The first-order valence-electron chi connectivity index (χ1n) is 2.04. The fourth-order valence-corrected chi connectivity index (χ4v) is 0. The first kappa shape index (κ1) is 109. The average Bonchev–Trinajstić information content (AvgIpc) is 2.71. The van der Waals surface area contributed by atoms with Crippen LogP contribution in [0.15, 0.2) is 0 Å². The van der Waals surface area contributed by atoms with Gasteiger partial charge in [0.25, 0.3) is 0 Å². The molecule has 0 rings (SSSR count). The van der Waals surface area contributed by atoms with Crippen molar-refractivity contribution in [3.8, 4) is 0 Å². The van der Waals surface area contributed by atoms with Crippen molar-refractivity contribution in [2.24, 2.45) is 0 Å². The fourth-order valence-electron chi connectivity index (χ4n) is 0. The molecule has 0 aliphatic heterocycles. The van der Waals surface area contributed by atoms with Gasteiger partial charge in [-0.1, -0.05) is 0 Å². The van der Waals surface area contributed by atoms with Gasteiger partial charge < -0.3 is 0 Å². The van der Waals surface area contributed by atoms with Crippen LogP contribution in [-0.4, -0.2) is 0 Å². The van der Waals surface area contributed by atoms with Crippen molar-refractivity contribution in [3.63, 3.8) is 0 Å². The standard InChI is InChI=1S/10CO.2Co/c10*1-2;;. The summed E-state index contributed by atoms with van der Waals surface area (Å²) in [6.07, 6.45) is 0. The van der Waals surface area contributed by atoms with E-state index < -0.39 is 0 Å². The summed E-state index contributed by atoms with van der Waals surface area (Å²) in [5.74, 6) is 0. The second kappa shape index (κ2) is 2610. The first-order valence-corrected chi connectivity index (χ1v) is 2.04. The van der Waals surface area contributed by atoms with Crippen LogP contribution in [0, 0.1) is 66.5 Å². The molecular formula is C10Co2O10. The Hall–Kier alpha value is -1.59. The zero-order valence-corrected chi connectivity index (χ0v) is 11.8. The number of hydrogen-bond donors (Lipinski definition) is 0. The molecule has 0 aliphatic rings. The molecular weight excluding hydrogens is 398 g/mol. The molecule has 0 fully saturated rings. The smallest absolute Gasteiger partial charge is 0 e. The third-order valence-electron chi connectivity index (χ3n) is 0. The van der Waals surface area contributed by atoms with E-state index in [1.165, 1.54) is 0 Å². The van der Waals surface area contributed by atoms with E-state index in [4.69, 9.17) is 46.5 Å². The van der Waals surface area contributed by atoms with Crippen LogP contribution >= 0.6 is 0 Å². The maximum Gasteiger partial charge on any atom is 0 e. The normalized spacial score (nSPS) is 0.909. The van der Waals surface area contributed by atoms with Crippen molar-refractivity contribution in [2.45, 2.75) is 0 Å². The van der Waals surface area contributed by atoms with Crippen LogP contribution in [0.25, 0.3) is 0 Å². The average molecular weight is 398 g/mol. The molecule has 2 radical (unpaired) electrons. The maximum absolute atomic E-state index is 7.50. The molecule has 0 saturated carbocycles. The molecule has 0 amide bonds. The van der Waals surface area contributed by atoms with Crippen molar-refractivity contribution < 1.29 is 80.1 Å². The van der Waals surface area contributed by atoms with Crippen molar-refractivity contribution in [1.29, 1.82) is 0 Å². The molecule has 0 heterocycles. The number of rotatable bonds is 0. The zero-order chi connectivity index (χ0) is 20.0. The SMILES string of the molecule is [C-]#[O+].[C-]#[O+].[C-]#[O+].[C-]#[O+].[C-]#[O+].[C-]#[O+].[C-]#[O+].[C-]#[O+].[C-]#[O+].[C-]#[O+].[Co].[Co]. The van der Waals surface area contributed by atoms with Crippen molar-refractivity contribution >= 4 is 0 Å². The van der Waals surface area contributed by atoms with Gasteiger partial charge in [0.1, 0.15) is 0 Å². The molecule has 0 saturated heterocycles. The van der Waals surface area contributed by atoms with E-state index in [-0.39, 0.29) is 33.6 Å². The Morgan fingerprint density at radius 2 is 0.182 bits per heavy atom. The summed E-state index contributed by atoms with van der Waals surface area (Å²) >= 11 is 0. The van der Waals surface area contributed by atoms with Crippen molar-refractivity contribution in [2.75, 3.05) is 0 Å². The molecule has 12 heteroatoms. The summed E-state index contributed by atoms with van der Waals surface area (Å²) in [5.41, 5.74) is 0. The maximum atomic E-state index is 7.50. The van der Waals surface area contributed by atoms with Gasteiger partial charge in [0, 0.05) is 33.6 Å². The molecule has 0 aromatic rings. The molecule has 0 aliphatic carbocycles. The minimum atomic E-state index is 0. The van der Waals surface area contributed by atoms with E-state index in [2.05, 4.69) is 66.5 Å². The summed E-state index contributed by atoms with van der Waals surface area (Å²) in [7, 11) is 0. The molecule has 0 atom stereocenters. The van der Waals surface area contributed by atoms with Gasteiger partial charge in [-0.3, -0.25) is 0 Å². The Morgan fingerprint density at radius 3 is 0.182 bits per heavy atom. The Kier molecular flexibility index (Phi) is 12900. The third kappa shape index (κ3) is 2220. The minimum absolute atomic E-state index is 0. The summed E-state index contributed by atoms with van der Waals surface area (Å²) in [6, 6.07) is 0. The Balaban J connectivity index is -0.00000000500.